The van der Waals surface area contributed by atoms with Crippen LogP contribution in [0.1, 0.15) is 29.8 Å². The van der Waals surface area contributed by atoms with Gasteiger partial charge in [0.15, 0.2) is 0 Å². The van der Waals surface area contributed by atoms with Crippen molar-refractivity contribution < 1.29 is 9.53 Å². The Morgan fingerprint density at radius 1 is 1.21 bits per heavy atom. The summed E-state index contributed by atoms with van der Waals surface area (Å²) >= 11 is 1.75. The van der Waals surface area contributed by atoms with Gasteiger partial charge in [-0.15, -0.1) is 11.3 Å². The molecule has 1 fully saturated rings. The zero-order valence-electron chi connectivity index (χ0n) is 13.5. The van der Waals surface area contributed by atoms with Crippen molar-refractivity contribution in [2.45, 2.75) is 38.1 Å². The van der Waals surface area contributed by atoms with Crippen LogP contribution in [0.3, 0.4) is 0 Å². The van der Waals surface area contributed by atoms with Gasteiger partial charge < -0.3 is 10.1 Å². The third-order valence-electron chi connectivity index (χ3n) is 4.80. The van der Waals surface area contributed by atoms with Crippen LogP contribution in [-0.2, 0) is 22.4 Å². The largest absolute Gasteiger partial charge is 0.381 e. The molecule has 4 rings (SSSR count). The Labute approximate surface area is 145 Å². The molecule has 1 aliphatic carbocycles. The fourth-order valence-electron chi connectivity index (χ4n) is 3.38. The number of amides is 1. The van der Waals surface area contributed by atoms with E-state index in [0.717, 1.165) is 61.6 Å². The van der Waals surface area contributed by atoms with Crippen LogP contribution in [0.25, 0.3) is 10.6 Å². The highest BCUT2D eigenvalue weighted by molar-refractivity contribution is 7.15. The van der Waals surface area contributed by atoms with Crippen molar-refractivity contribution in [2.24, 2.45) is 5.92 Å². The minimum atomic E-state index is 0.0488. The second-order valence-corrected chi connectivity index (χ2v) is 7.54. The molecule has 5 nitrogen and oxygen atoms in total. The zero-order valence-corrected chi connectivity index (χ0v) is 14.3. The van der Waals surface area contributed by atoms with Crippen molar-refractivity contribution in [3.05, 3.63) is 35.1 Å². The summed E-state index contributed by atoms with van der Waals surface area (Å²) < 4.78 is 5.35. The number of thiazole rings is 1. The van der Waals surface area contributed by atoms with Gasteiger partial charge in [0.25, 0.3) is 0 Å². The molecule has 1 amide bonds. The van der Waals surface area contributed by atoms with Gasteiger partial charge in [-0.05, 0) is 37.8 Å². The van der Waals surface area contributed by atoms with E-state index in [2.05, 4.69) is 10.3 Å². The minimum Gasteiger partial charge on any atom is -0.381 e. The normalized spacial score (nSPS) is 21.2. The lowest BCUT2D eigenvalue weighted by Gasteiger charge is -2.27. The summed E-state index contributed by atoms with van der Waals surface area (Å²) in [5.74, 6) is 0.235. The van der Waals surface area contributed by atoms with Crippen LogP contribution in [0.2, 0.25) is 0 Å². The van der Waals surface area contributed by atoms with Crippen LogP contribution in [0.5, 0.6) is 0 Å². The number of carbonyl (C=O) groups excluding carboxylic acids is 1. The number of nitrogens with zero attached hydrogens (tertiary/aromatic N) is 2. The fourth-order valence-corrected chi connectivity index (χ4v) is 4.49. The number of pyridine rings is 1. The predicted octanol–water partition coefficient (Wildman–Crippen LogP) is 2.61. The first-order valence-corrected chi connectivity index (χ1v) is 9.38. The van der Waals surface area contributed by atoms with Crippen LogP contribution in [0.4, 0.5) is 0 Å². The second-order valence-electron chi connectivity index (χ2n) is 6.46. The molecular weight excluding hydrogens is 322 g/mol. The Balaban J connectivity index is 1.43. The highest BCUT2D eigenvalue weighted by Gasteiger charge is 2.29. The number of aryl methyl sites for hydroxylation is 1. The van der Waals surface area contributed by atoms with Crippen molar-refractivity contribution in [3.63, 3.8) is 0 Å². The van der Waals surface area contributed by atoms with E-state index < -0.39 is 0 Å². The number of ether oxygens (including phenoxy) is 1. The molecular formula is C18H21N3O2S. The Morgan fingerprint density at radius 2 is 2.00 bits per heavy atom. The molecule has 0 spiro atoms. The van der Waals surface area contributed by atoms with Gasteiger partial charge in [-0.2, -0.15) is 0 Å². The van der Waals surface area contributed by atoms with Crippen molar-refractivity contribution in [3.8, 4) is 10.6 Å². The molecule has 6 heteroatoms. The van der Waals surface area contributed by atoms with Crippen LogP contribution in [-0.4, -0.2) is 35.1 Å². The Morgan fingerprint density at radius 3 is 2.79 bits per heavy atom. The van der Waals surface area contributed by atoms with E-state index in [4.69, 9.17) is 9.72 Å². The predicted molar refractivity (Wildman–Crippen MR) is 92.8 cm³/mol. The molecule has 1 atom stereocenters. The topological polar surface area (TPSA) is 64.1 Å². The molecule has 1 aliphatic heterocycles. The lowest BCUT2D eigenvalue weighted by atomic mass is 9.89. The molecule has 24 heavy (non-hydrogen) atoms. The highest BCUT2D eigenvalue weighted by Crippen LogP contribution is 2.34. The third-order valence-corrected chi connectivity index (χ3v) is 6.01. The van der Waals surface area contributed by atoms with Gasteiger partial charge in [0, 0.05) is 54.4 Å². The number of hydrogen-bond acceptors (Lipinski definition) is 5. The van der Waals surface area contributed by atoms with E-state index in [-0.39, 0.29) is 17.9 Å². The lowest BCUT2D eigenvalue weighted by molar-refractivity contribution is -0.126. The lowest BCUT2D eigenvalue weighted by Crippen LogP contribution is -2.43. The van der Waals surface area contributed by atoms with Crippen molar-refractivity contribution in [1.82, 2.24) is 15.3 Å². The molecule has 2 aliphatic rings. The van der Waals surface area contributed by atoms with Crippen molar-refractivity contribution in [2.75, 3.05) is 13.2 Å². The minimum absolute atomic E-state index is 0.0488. The molecule has 2 aromatic rings. The molecule has 1 saturated heterocycles. The monoisotopic (exact) mass is 343 g/mol. The Bertz CT molecular complexity index is 710. The van der Waals surface area contributed by atoms with Gasteiger partial charge >= 0.3 is 0 Å². The molecule has 0 radical (unpaired) electrons. The summed E-state index contributed by atoms with van der Waals surface area (Å²) in [5, 5.41) is 4.24. The van der Waals surface area contributed by atoms with Crippen molar-refractivity contribution >= 4 is 17.2 Å². The number of carbonyl (C=O) groups is 1. The maximum Gasteiger partial charge on any atom is 0.223 e. The third kappa shape index (κ3) is 3.35. The van der Waals surface area contributed by atoms with Gasteiger partial charge in [0.2, 0.25) is 5.91 Å². The number of hydrogen-bond donors (Lipinski definition) is 1. The first-order chi connectivity index (χ1) is 11.8. The van der Waals surface area contributed by atoms with E-state index in [1.54, 1.807) is 23.7 Å². The maximum atomic E-state index is 12.6. The molecule has 2 aromatic heterocycles. The molecule has 126 valence electrons. The van der Waals surface area contributed by atoms with E-state index in [9.17, 15) is 4.79 Å². The fraction of sp³-hybridized carbons (Fsp3) is 0.500. The first kappa shape index (κ1) is 15.7. The van der Waals surface area contributed by atoms with Crippen molar-refractivity contribution in [1.29, 1.82) is 0 Å². The first-order valence-electron chi connectivity index (χ1n) is 8.56. The van der Waals surface area contributed by atoms with E-state index in [0.29, 0.717) is 0 Å². The Kier molecular flexibility index (Phi) is 4.58. The smallest absolute Gasteiger partial charge is 0.223 e. The number of aromatic nitrogens is 2. The highest BCUT2D eigenvalue weighted by atomic mass is 32.1. The van der Waals surface area contributed by atoms with Crippen LogP contribution in [0.15, 0.2) is 24.5 Å². The van der Waals surface area contributed by atoms with Gasteiger partial charge in [-0.1, -0.05) is 0 Å². The van der Waals surface area contributed by atoms with Gasteiger partial charge in [-0.3, -0.25) is 9.78 Å². The maximum absolute atomic E-state index is 12.6. The molecule has 0 aromatic carbocycles. The molecule has 1 unspecified atom stereocenters. The number of nitrogens with one attached hydrogen (secondary N) is 1. The second kappa shape index (κ2) is 6.99. The molecule has 0 saturated carbocycles. The van der Waals surface area contributed by atoms with Crippen LogP contribution in [0, 0.1) is 5.92 Å². The van der Waals surface area contributed by atoms with Gasteiger partial charge in [0.05, 0.1) is 5.69 Å². The summed E-state index contributed by atoms with van der Waals surface area (Å²) in [6, 6.07) is 4.25. The average molecular weight is 343 g/mol. The quantitative estimate of drug-likeness (QED) is 0.930. The van der Waals surface area contributed by atoms with Crippen LogP contribution < -0.4 is 5.32 Å². The molecule has 0 bridgehead atoms. The average Bonchev–Trinajstić information content (AvgIpc) is 3.06. The van der Waals surface area contributed by atoms with E-state index in [1.807, 2.05) is 12.1 Å². The standard InChI is InChI=1S/C18H21N3O2S/c22-17(20-14-5-9-23-10-6-14)13-1-2-16-15(11-13)21-18(24-16)12-3-7-19-8-4-12/h3-4,7-8,13-14H,1-2,5-6,9-11H2,(H,20,22). The summed E-state index contributed by atoms with van der Waals surface area (Å²) in [6.45, 7) is 1.50. The van der Waals surface area contributed by atoms with E-state index >= 15 is 0 Å². The van der Waals surface area contributed by atoms with Crippen LogP contribution >= 0.6 is 11.3 Å². The van der Waals surface area contributed by atoms with Gasteiger partial charge in [0.1, 0.15) is 5.01 Å². The molecule has 3 heterocycles. The SMILES string of the molecule is O=C(NC1CCOCC1)C1CCc2sc(-c3ccncc3)nc2C1. The van der Waals surface area contributed by atoms with E-state index in [1.165, 1.54) is 4.88 Å². The summed E-state index contributed by atoms with van der Waals surface area (Å²) in [5.41, 5.74) is 2.21. The number of fused-ring (bicyclic) bond motifs is 1. The Hall–Kier alpha value is -1.79. The number of rotatable bonds is 3. The zero-order chi connectivity index (χ0) is 16.4. The summed E-state index contributed by atoms with van der Waals surface area (Å²) in [4.78, 5) is 22.7. The summed E-state index contributed by atoms with van der Waals surface area (Å²) in [7, 11) is 0. The van der Waals surface area contributed by atoms with Gasteiger partial charge in [-0.25, -0.2) is 4.98 Å². The molecule has 1 N–H and O–H groups in total. The summed E-state index contributed by atoms with van der Waals surface area (Å²) in [6.07, 6.45) is 8.05.